The molecule has 172 valence electrons. The van der Waals surface area contributed by atoms with Crippen LogP contribution in [0.1, 0.15) is 22.7 Å². The van der Waals surface area contributed by atoms with Crippen molar-refractivity contribution >= 4 is 35.8 Å². The molecule has 3 aromatic carbocycles. The van der Waals surface area contributed by atoms with Crippen LogP contribution in [0.5, 0.6) is 0 Å². The molecule has 0 amide bonds. The van der Waals surface area contributed by atoms with Crippen molar-refractivity contribution in [3.8, 4) is 0 Å². The first-order valence-electron chi connectivity index (χ1n) is 10.4. The standard InChI is InChI=1S/C25H24BrNO4S2/c1-18-8-12-22(13-9-18)32(28,29)24-16-21(17-26)27(25(24)20-6-4-3-5-7-20)33(30,31)23-14-10-19(2)11-15-23/h3-16,21,25H,17H2,1-2H3/t21-,25-/m0/s1. The van der Waals surface area contributed by atoms with Crippen molar-refractivity contribution < 1.29 is 16.8 Å². The molecule has 5 nitrogen and oxygen atoms in total. The Hall–Kier alpha value is -2.26. The molecule has 1 aliphatic heterocycles. The first-order chi connectivity index (χ1) is 15.7. The van der Waals surface area contributed by atoms with Crippen molar-refractivity contribution in [3.05, 3.63) is 107 Å². The highest BCUT2D eigenvalue weighted by molar-refractivity contribution is 9.09. The fourth-order valence-electron chi connectivity index (χ4n) is 3.97. The molecule has 8 heteroatoms. The molecule has 2 atom stereocenters. The molecule has 0 radical (unpaired) electrons. The Bertz CT molecular complexity index is 1380. The van der Waals surface area contributed by atoms with Gasteiger partial charge in [0.15, 0.2) is 0 Å². The summed E-state index contributed by atoms with van der Waals surface area (Å²) in [6.07, 6.45) is 1.56. The van der Waals surface area contributed by atoms with E-state index in [2.05, 4.69) is 15.9 Å². The van der Waals surface area contributed by atoms with E-state index < -0.39 is 31.9 Å². The van der Waals surface area contributed by atoms with E-state index in [1.54, 1.807) is 78.9 Å². The number of hydrogen-bond acceptors (Lipinski definition) is 4. The molecule has 1 heterocycles. The maximum absolute atomic E-state index is 13.8. The summed E-state index contributed by atoms with van der Waals surface area (Å²) in [5, 5.41) is 0.258. The molecular formula is C25H24BrNO4S2. The topological polar surface area (TPSA) is 71.5 Å². The van der Waals surface area contributed by atoms with Crippen LogP contribution >= 0.6 is 15.9 Å². The van der Waals surface area contributed by atoms with Gasteiger partial charge in [-0.15, -0.1) is 0 Å². The van der Waals surface area contributed by atoms with E-state index in [9.17, 15) is 16.8 Å². The van der Waals surface area contributed by atoms with Crippen molar-refractivity contribution in [2.24, 2.45) is 0 Å². The van der Waals surface area contributed by atoms with Crippen LogP contribution in [0.2, 0.25) is 0 Å². The lowest BCUT2D eigenvalue weighted by Gasteiger charge is -2.30. The molecule has 0 aliphatic carbocycles. The second kappa shape index (κ2) is 9.18. The predicted molar refractivity (Wildman–Crippen MR) is 133 cm³/mol. The van der Waals surface area contributed by atoms with E-state index in [1.807, 2.05) is 19.9 Å². The highest BCUT2D eigenvalue weighted by Gasteiger charge is 2.47. The number of sulfonamides is 1. The Labute approximate surface area is 203 Å². The number of hydrogen-bond donors (Lipinski definition) is 0. The smallest absolute Gasteiger partial charge is 0.219 e. The van der Waals surface area contributed by atoms with Gasteiger partial charge in [0.25, 0.3) is 0 Å². The van der Waals surface area contributed by atoms with Gasteiger partial charge in [0, 0.05) is 5.33 Å². The van der Waals surface area contributed by atoms with Crippen LogP contribution in [0.25, 0.3) is 0 Å². The highest BCUT2D eigenvalue weighted by atomic mass is 79.9. The van der Waals surface area contributed by atoms with Gasteiger partial charge >= 0.3 is 0 Å². The summed E-state index contributed by atoms with van der Waals surface area (Å²) < 4.78 is 56.4. The second-order valence-corrected chi connectivity index (χ2v) is 12.5. The zero-order valence-electron chi connectivity index (χ0n) is 18.2. The van der Waals surface area contributed by atoms with Crippen LogP contribution in [0, 0.1) is 13.8 Å². The molecule has 0 unspecified atom stereocenters. The van der Waals surface area contributed by atoms with Crippen LogP contribution in [-0.4, -0.2) is 32.5 Å². The SMILES string of the molecule is Cc1ccc(S(=O)(=O)C2=C[C@@H](CBr)N(S(=O)(=O)c3ccc(C)cc3)[C@H]2c2ccccc2)cc1. The van der Waals surface area contributed by atoms with Gasteiger partial charge < -0.3 is 0 Å². The number of halogens is 1. The molecule has 0 spiro atoms. The molecular weight excluding hydrogens is 522 g/mol. The van der Waals surface area contributed by atoms with Crippen molar-refractivity contribution in [2.45, 2.75) is 35.7 Å². The van der Waals surface area contributed by atoms with Gasteiger partial charge in [-0.3, -0.25) is 0 Å². The quantitative estimate of drug-likeness (QED) is 0.400. The summed E-state index contributed by atoms with van der Waals surface area (Å²) in [4.78, 5) is 0.336. The third-order valence-electron chi connectivity index (χ3n) is 5.72. The predicted octanol–water partition coefficient (Wildman–Crippen LogP) is 5.17. The van der Waals surface area contributed by atoms with E-state index >= 15 is 0 Å². The molecule has 4 rings (SSSR count). The van der Waals surface area contributed by atoms with E-state index in [1.165, 1.54) is 4.31 Å². The molecule has 3 aromatic rings. The van der Waals surface area contributed by atoms with Crippen LogP contribution in [-0.2, 0) is 19.9 Å². The summed E-state index contributed by atoms with van der Waals surface area (Å²) in [6.45, 7) is 3.77. The molecule has 33 heavy (non-hydrogen) atoms. The van der Waals surface area contributed by atoms with Gasteiger partial charge in [-0.2, -0.15) is 4.31 Å². The average molecular weight is 547 g/mol. The molecule has 0 saturated carbocycles. The first-order valence-corrected chi connectivity index (χ1v) is 14.5. The Kier molecular flexibility index (Phi) is 6.64. The monoisotopic (exact) mass is 545 g/mol. The van der Waals surface area contributed by atoms with Crippen LogP contribution in [0.3, 0.4) is 0 Å². The van der Waals surface area contributed by atoms with Gasteiger partial charge in [-0.05, 0) is 49.8 Å². The summed E-state index contributed by atoms with van der Waals surface area (Å²) in [5.74, 6) is 0. The molecule has 1 aliphatic rings. The molecule has 0 bridgehead atoms. The maximum Gasteiger partial charge on any atom is 0.244 e. The van der Waals surface area contributed by atoms with Crippen molar-refractivity contribution in [2.75, 3.05) is 5.33 Å². The van der Waals surface area contributed by atoms with Crippen LogP contribution in [0.4, 0.5) is 0 Å². The summed E-state index contributed by atoms with van der Waals surface area (Å²) in [6, 6.07) is 20.5. The Morgan fingerprint density at radius 2 is 1.27 bits per heavy atom. The highest BCUT2D eigenvalue weighted by Crippen LogP contribution is 2.45. The number of benzene rings is 3. The fourth-order valence-corrected chi connectivity index (χ4v) is 8.10. The molecule has 0 aromatic heterocycles. The number of sulfone groups is 1. The van der Waals surface area contributed by atoms with Crippen molar-refractivity contribution in [1.29, 1.82) is 0 Å². The first kappa shape index (κ1) is 23.9. The lowest BCUT2D eigenvalue weighted by molar-refractivity contribution is 0.360. The minimum Gasteiger partial charge on any atom is -0.219 e. The largest absolute Gasteiger partial charge is 0.244 e. The van der Waals surface area contributed by atoms with Crippen molar-refractivity contribution in [3.63, 3.8) is 0 Å². The Balaban J connectivity index is 1.91. The molecule has 0 saturated heterocycles. The molecule has 0 N–H and O–H groups in total. The van der Waals surface area contributed by atoms with Crippen LogP contribution in [0.15, 0.2) is 99.6 Å². The normalized spacial score (nSPS) is 19.4. The minimum absolute atomic E-state index is 0.0673. The van der Waals surface area contributed by atoms with Crippen molar-refractivity contribution in [1.82, 2.24) is 4.31 Å². The number of nitrogens with zero attached hydrogens (tertiary/aromatic N) is 1. The summed E-state index contributed by atoms with van der Waals surface area (Å²) >= 11 is 3.41. The fraction of sp³-hybridized carbons (Fsp3) is 0.200. The minimum atomic E-state index is -4.01. The number of alkyl halides is 1. The second-order valence-electron chi connectivity index (χ2n) is 8.07. The Morgan fingerprint density at radius 1 is 0.758 bits per heavy atom. The van der Waals surface area contributed by atoms with Gasteiger partial charge in [-0.25, -0.2) is 16.8 Å². The maximum atomic E-state index is 13.8. The summed E-state index contributed by atoms with van der Waals surface area (Å²) in [7, 11) is -7.95. The summed E-state index contributed by atoms with van der Waals surface area (Å²) in [5.41, 5.74) is 2.47. The van der Waals surface area contributed by atoms with E-state index in [0.717, 1.165) is 11.1 Å². The molecule has 0 fully saturated rings. The van der Waals surface area contributed by atoms with Gasteiger partial charge in [-0.1, -0.05) is 81.7 Å². The van der Waals surface area contributed by atoms with E-state index in [0.29, 0.717) is 5.56 Å². The van der Waals surface area contributed by atoms with Crippen LogP contribution < -0.4 is 0 Å². The van der Waals surface area contributed by atoms with Gasteiger partial charge in [0.05, 0.1) is 26.8 Å². The van der Waals surface area contributed by atoms with Gasteiger partial charge in [0.2, 0.25) is 19.9 Å². The van der Waals surface area contributed by atoms with E-state index in [4.69, 9.17) is 0 Å². The van der Waals surface area contributed by atoms with E-state index in [-0.39, 0.29) is 20.0 Å². The number of rotatable bonds is 6. The van der Waals surface area contributed by atoms with Gasteiger partial charge in [0.1, 0.15) is 0 Å². The lowest BCUT2D eigenvalue weighted by Crippen LogP contribution is -2.39. The number of aryl methyl sites for hydroxylation is 2. The average Bonchev–Trinajstić information content (AvgIpc) is 3.22. The third kappa shape index (κ3) is 4.45. The third-order valence-corrected chi connectivity index (χ3v) is 10.2. The zero-order chi connectivity index (χ0) is 23.8. The lowest BCUT2D eigenvalue weighted by atomic mass is 10.1. The zero-order valence-corrected chi connectivity index (χ0v) is 21.4. The Morgan fingerprint density at radius 3 is 1.79 bits per heavy atom.